The van der Waals surface area contributed by atoms with Gasteiger partial charge in [0.25, 0.3) is 0 Å². The molecule has 1 N–H and O–H groups in total. The van der Waals surface area contributed by atoms with Crippen molar-refractivity contribution in [3.8, 4) is 0 Å². The number of rotatable bonds is 5. The molecule has 4 heteroatoms. The third-order valence-electron chi connectivity index (χ3n) is 4.93. The van der Waals surface area contributed by atoms with E-state index >= 15 is 0 Å². The van der Waals surface area contributed by atoms with Crippen LogP contribution in [-0.2, 0) is 16.0 Å². The molecule has 0 aromatic heterocycles. The molecular weight excluding hydrogens is 278 g/mol. The van der Waals surface area contributed by atoms with Crippen molar-refractivity contribution < 1.29 is 14.7 Å². The lowest BCUT2D eigenvalue weighted by Crippen LogP contribution is -2.40. The van der Waals surface area contributed by atoms with Crippen molar-refractivity contribution in [3.05, 3.63) is 35.4 Å². The van der Waals surface area contributed by atoms with Crippen LogP contribution >= 0.6 is 0 Å². The van der Waals surface area contributed by atoms with Gasteiger partial charge < -0.3 is 10.0 Å². The van der Waals surface area contributed by atoms with Crippen LogP contribution in [0.1, 0.15) is 37.8 Å². The molecule has 1 atom stereocenters. The zero-order chi connectivity index (χ0) is 16.3. The van der Waals surface area contributed by atoms with Crippen molar-refractivity contribution >= 4 is 11.9 Å². The van der Waals surface area contributed by atoms with Crippen molar-refractivity contribution in [3.63, 3.8) is 0 Å². The van der Waals surface area contributed by atoms with Crippen LogP contribution in [0.25, 0.3) is 0 Å². The van der Waals surface area contributed by atoms with Crippen LogP contribution in [-0.4, -0.2) is 35.0 Å². The Labute approximate surface area is 132 Å². The molecule has 0 bridgehead atoms. The SMILES string of the molecule is Cc1ccc(CCC(=O)N2CCC(C(=O)O)(C(C)C)C2)cc1. The van der Waals surface area contributed by atoms with E-state index in [4.69, 9.17) is 0 Å². The molecule has 1 fully saturated rings. The van der Waals surface area contributed by atoms with Crippen LogP contribution in [0.15, 0.2) is 24.3 Å². The van der Waals surface area contributed by atoms with Crippen LogP contribution in [0.5, 0.6) is 0 Å². The molecule has 120 valence electrons. The second kappa shape index (κ2) is 6.51. The van der Waals surface area contributed by atoms with Gasteiger partial charge in [0.2, 0.25) is 5.91 Å². The van der Waals surface area contributed by atoms with Crippen molar-refractivity contribution in [2.75, 3.05) is 13.1 Å². The van der Waals surface area contributed by atoms with Gasteiger partial charge in [-0.25, -0.2) is 0 Å². The van der Waals surface area contributed by atoms with Gasteiger partial charge in [0.1, 0.15) is 0 Å². The number of aryl methyl sites for hydroxylation is 2. The van der Waals surface area contributed by atoms with Crippen molar-refractivity contribution in [1.82, 2.24) is 4.90 Å². The maximum atomic E-state index is 12.4. The predicted molar refractivity (Wildman–Crippen MR) is 85.6 cm³/mol. The summed E-state index contributed by atoms with van der Waals surface area (Å²) < 4.78 is 0. The van der Waals surface area contributed by atoms with Gasteiger partial charge in [0.05, 0.1) is 5.41 Å². The monoisotopic (exact) mass is 303 g/mol. The molecule has 1 amide bonds. The Morgan fingerprint density at radius 2 is 1.91 bits per heavy atom. The third-order valence-corrected chi connectivity index (χ3v) is 4.93. The highest BCUT2D eigenvalue weighted by molar-refractivity contribution is 5.81. The van der Waals surface area contributed by atoms with Crippen molar-refractivity contribution in [2.24, 2.45) is 11.3 Å². The highest BCUT2D eigenvalue weighted by atomic mass is 16.4. The first kappa shape index (κ1) is 16.5. The van der Waals surface area contributed by atoms with Gasteiger partial charge in [-0.3, -0.25) is 9.59 Å². The Balaban J connectivity index is 1.94. The number of aliphatic carboxylic acids is 1. The molecule has 0 spiro atoms. The van der Waals surface area contributed by atoms with Crippen LogP contribution in [0, 0.1) is 18.3 Å². The molecule has 1 aromatic carbocycles. The van der Waals surface area contributed by atoms with Gasteiger partial charge in [0.15, 0.2) is 0 Å². The van der Waals surface area contributed by atoms with Gasteiger partial charge in [-0.05, 0) is 31.2 Å². The highest BCUT2D eigenvalue weighted by Crippen LogP contribution is 2.38. The molecule has 4 nitrogen and oxygen atoms in total. The third kappa shape index (κ3) is 3.32. The minimum absolute atomic E-state index is 0.0277. The van der Waals surface area contributed by atoms with Gasteiger partial charge in [0, 0.05) is 19.5 Å². The smallest absolute Gasteiger partial charge is 0.311 e. The van der Waals surface area contributed by atoms with Gasteiger partial charge in [-0.15, -0.1) is 0 Å². The Kier molecular flexibility index (Phi) is 4.89. The molecule has 0 radical (unpaired) electrons. The van der Waals surface area contributed by atoms with Gasteiger partial charge >= 0.3 is 5.97 Å². The zero-order valence-corrected chi connectivity index (χ0v) is 13.6. The van der Waals surface area contributed by atoms with E-state index in [1.54, 1.807) is 4.90 Å². The standard InChI is InChI=1S/C18H25NO3/c1-13(2)18(17(21)22)10-11-19(12-18)16(20)9-8-15-6-4-14(3)5-7-15/h4-7,13H,8-12H2,1-3H3,(H,21,22). The summed E-state index contributed by atoms with van der Waals surface area (Å²) in [6, 6.07) is 8.18. The zero-order valence-electron chi connectivity index (χ0n) is 13.6. The highest BCUT2D eigenvalue weighted by Gasteiger charge is 2.48. The number of carboxylic acids is 1. The van der Waals surface area contributed by atoms with E-state index in [0.29, 0.717) is 32.4 Å². The fraction of sp³-hybridized carbons (Fsp3) is 0.556. The Bertz CT molecular complexity index is 550. The van der Waals surface area contributed by atoms with Crippen LogP contribution < -0.4 is 0 Å². The fourth-order valence-corrected chi connectivity index (χ4v) is 3.10. The number of carbonyl (C=O) groups excluding carboxylic acids is 1. The number of benzene rings is 1. The fourth-order valence-electron chi connectivity index (χ4n) is 3.10. The lowest BCUT2D eigenvalue weighted by molar-refractivity contribution is -0.151. The molecule has 1 unspecified atom stereocenters. The summed E-state index contributed by atoms with van der Waals surface area (Å²) in [6.07, 6.45) is 1.70. The van der Waals surface area contributed by atoms with Crippen LogP contribution in [0.3, 0.4) is 0 Å². The second-order valence-corrected chi connectivity index (χ2v) is 6.67. The lowest BCUT2D eigenvalue weighted by atomic mass is 9.76. The number of nitrogens with zero attached hydrogens (tertiary/aromatic N) is 1. The maximum Gasteiger partial charge on any atom is 0.311 e. The molecule has 1 aliphatic heterocycles. The molecule has 1 aromatic rings. The molecule has 1 saturated heterocycles. The average molecular weight is 303 g/mol. The van der Waals surface area contributed by atoms with Crippen LogP contribution in [0.2, 0.25) is 0 Å². The summed E-state index contributed by atoms with van der Waals surface area (Å²) in [6.45, 7) is 6.78. The average Bonchev–Trinajstić information content (AvgIpc) is 2.93. The first-order chi connectivity index (χ1) is 10.3. The summed E-state index contributed by atoms with van der Waals surface area (Å²) >= 11 is 0. The number of likely N-dealkylation sites (tertiary alicyclic amines) is 1. The van der Waals surface area contributed by atoms with E-state index in [-0.39, 0.29) is 11.8 Å². The van der Waals surface area contributed by atoms with E-state index in [2.05, 4.69) is 0 Å². The molecular formula is C18H25NO3. The number of hydrogen-bond donors (Lipinski definition) is 1. The molecule has 2 rings (SSSR count). The first-order valence-electron chi connectivity index (χ1n) is 7.92. The maximum absolute atomic E-state index is 12.4. The summed E-state index contributed by atoms with van der Waals surface area (Å²) in [5, 5.41) is 9.53. The lowest BCUT2D eigenvalue weighted by Gasteiger charge is -2.28. The number of carboxylic acid groups (broad SMARTS) is 1. The quantitative estimate of drug-likeness (QED) is 0.910. The normalized spacial score (nSPS) is 21.4. The second-order valence-electron chi connectivity index (χ2n) is 6.67. The van der Waals surface area contributed by atoms with Gasteiger partial charge in [-0.1, -0.05) is 43.7 Å². The van der Waals surface area contributed by atoms with E-state index < -0.39 is 11.4 Å². The number of amides is 1. The number of carbonyl (C=O) groups is 2. The summed E-state index contributed by atoms with van der Waals surface area (Å²) in [5.74, 6) is -0.694. The van der Waals surface area contributed by atoms with Crippen LogP contribution in [0.4, 0.5) is 0 Å². The Hall–Kier alpha value is -1.84. The van der Waals surface area contributed by atoms with E-state index in [0.717, 1.165) is 5.56 Å². The largest absolute Gasteiger partial charge is 0.481 e. The summed E-state index contributed by atoms with van der Waals surface area (Å²) in [5.41, 5.74) is 1.57. The minimum atomic E-state index is -0.781. The Morgan fingerprint density at radius 3 is 2.41 bits per heavy atom. The summed E-state index contributed by atoms with van der Waals surface area (Å²) in [7, 11) is 0. The van der Waals surface area contributed by atoms with Crippen molar-refractivity contribution in [2.45, 2.75) is 40.0 Å². The topological polar surface area (TPSA) is 57.6 Å². The van der Waals surface area contributed by atoms with E-state index in [1.165, 1.54) is 5.56 Å². The van der Waals surface area contributed by atoms with E-state index in [1.807, 2.05) is 45.0 Å². The minimum Gasteiger partial charge on any atom is -0.481 e. The molecule has 22 heavy (non-hydrogen) atoms. The van der Waals surface area contributed by atoms with Crippen molar-refractivity contribution in [1.29, 1.82) is 0 Å². The summed E-state index contributed by atoms with van der Waals surface area (Å²) in [4.78, 5) is 25.7. The van der Waals surface area contributed by atoms with E-state index in [9.17, 15) is 14.7 Å². The first-order valence-corrected chi connectivity index (χ1v) is 7.92. The molecule has 1 heterocycles. The predicted octanol–water partition coefficient (Wildman–Crippen LogP) is 2.89. The Morgan fingerprint density at radius 1 is 1.27 bits per heavy atom. The molecule has 1 aliphatic rings. The molecule has 0 saturated carbocycles. The van der Waals surface area contributed by atoms with Gasteiger partial charge in [-0.2, -0.15) is 0 Å². The number of hydrogen-bond acceptors (Lipinski definition) is 2. The molecule has 0 aliphatic carbocycles.